The van der Waals surface area contributed by atoms with Crippen molar-refractivity contribution in [1.29, 1.82) is 0 Å². The molecule has 3 N–H and O–H groups in total. The van der Waals surface area contributed by atoms with Gasteiger partial charge in [0.25, 0.3) is 0 Å². The first-order chi connectivity index (χ1) is 9.49. The molecule has 1 aromatic carbocycles. The fourth-order valence-electron chi connectivity index (χ4n) is 2.57. The summed E-state index contributed by atoms with van der Waals surface area (Å²) in [5, 5.41) is 9.54. The summed E-state index contributed by atoms with van der Waals surface area (Å²) in [5.41, 5.74) is 7.28. The van der Waals surface area contributed by atoms with Gasteiger partial charge in [0.05, 0.1) is 5.92 Å². The predicted octanol–water partition coefficient (Wildman–Crippen LogP) is 4.81. The second-order valence-corrected chi connectivity index (χ2v) is 6.24. The molecular formula is C16H24BrNO2. The van der Waals surface area contributed by atoms with E-state index >= 15 is 0 Å². The third kappa shape index (κ3) is 4.51. The monoisotopic (exact) mass is 341 g/mol. The Morgan fingerprint density at radius 3 is 2.65 bits per heavy atom. The molecule has 0 aliphatic carbocycles. The van der Waals surface area contributed by atoms with Crippen LogP contribution in [0.3, 0.4) is 0 Å². The van der Waals surface area contributed by atoms with Crippen molar-refractivity contribution in [2.45, 2.75) is 51.9 Å². The van der Waals surface area contributed by atoms with Gasteiger partial charge in [-0.05, 0) is 39.9 Å². The van der Waals surface area contributed by atoms with Gasteiger partial charge < -0.3 is 10.8 Å². The number of rotatable bonds is 8. The van der Waals surface area contributed by atoms with Crippen molar-refractivity contribution in [3.05, 3.63) is 28.2 Å². The minimum Gasteiger partial charge on any atom is -0.481 e. The zero-order valence-electron chi connectivity index (χ0n) is 12.2. The molecule has 2 unspecified atom stereocenters. The van der Waals surface area contributed by atoms with Crippen LogP contribution in [0, 0.1) is 5.92 Å². The summed E-state index contributed by atoms with van der Waals surface area (Å²) in [6.07, 6.45) is 5.57. The van der Waals surface area contributed by atoms with Crippen molar-refractivity contribution >= 4 is 27.6 Å². The number of nitrogens with two attached hydrogens (primary N) is 1. The number of aliphatic carboxylic acids is 1. The number of hydrogen-bond donors (Lipinski definition) is 2. The summed E-state index contributed by atoms with van der Waals surface area (Å²) in [6.45, 7) is 4.18. The number of halogens is 1. The molecule has 4 heteroatoms. The largest absolute Gasteiger partial charge is 0.481 e. The lowest BCUT2D eigenvalue weighted by atomic mass is 9.83. The molecule has 0 amide bonds. The first kappa shape index (κ1) is 17.0. The highest BCUT2D eigenvalue weighted by Gasteiger charge is 2.28. The Bertz CT molecular complexity index is 448. The second kappa shape index (κ2) is 8.30. The van der Waals surface area contributed by atoms with Gasteiger partial charge in [-0.25, -0.2) is 0 Å². The lowest BCUT2D eigenvalue weighted by molar-refractivity contribution is -0.140. The van der Waals surface area contributed by atoms with Crippen LogP contribution in [0.5, 0.6) is 0 Å². The molecule has 1 rings (SSSR count). The Kier molecular flexibility index (Phi) is 7.06. The minimum atomic E-state index is -0.794. The van der Waals surface area contributed by atoms with Gasteiger partial charge in [0.15, 0.2) is 0 Å². The summed E-state index contributed by atoms with van der Waals surface area (Å²) in [7, 11) is 0. The average molecular weight is 342 g/mol. The molecule has 0 bridgehead atoms. The number of carboxylic acids is 1. The highest BCUT2D eigenvalue weighted by molar-refractivity contribution is 9.10. The zero-order chi connectivity index (χ0) is 15.1. The molecule has 0 fully saturated rings. The van der Waals surface area contributed by atoms with Crippen LogP contribution in [0.15, 0.2) is 22.7 Å². The van der Waals surface area contributed by atoms with Crippen molar-refractivity contribution < 1.29 is 9.90 Å². The summed E-state index contributed by atoms with van der Waals surface area (Å²) in [4.78, 5) is 11.6. The summed E-state index contributed by atoms with van der Waals surface area (Å²) in [6, 6.07) is 5.50. The van der Waals surface area contributed by atoms with Crippen LogP contribution in [-0.2, 0) is 4.79 Å². The van der Waals surface area contributed by atoms with Crippen LogP contribution in [0.2, 0.25) is 0 Å². The second-order valence-electron chi connectivity index (χ2n) is 5.39. The van der Waals surface area contributed by atoms with E-state index < -0.39 is 11.9 Å². The van der Waals surface area contributed by atoms with Gasteiger partial charge in [-0.1, -0.05) is 51.7 Å². The maximum Gasteiger partial charge on any atom is 0.311 e. The van der Waals surface area contributed by atoms with Crippen molar-refractivity contribution in [1.82, 2.24) is 0 Å². The Morgan fingerprint density at radius 1 is 1.35 bits per heavy atom. The molecule has 0 saturated carbocycles. The van der Waals surface area contributed by atoms with E-state index in [0.717, 1.165) is 22.9 Å². The SMILES string of the molecule is CCCCCCC(C)C(C(=O)O)c1cccc(Br)c1N. The van der Waals surface area contributed by atoms with E-state index in [-0.39, 0.29) is 5.92 Å². The van der Waals surface area contributed by atoms with E-state index in [1.54, 1.807) is 0 Å². The van der Waals surface area contributed by atoms with Crippen LogP contribution in [0.1, 0.15) is 57.4 Å². The Labute approximate surface area is 129 Å². The molecule has 0 saturated heterocycles. The fourth-order valence-corrected chi connectivity index (χ4v) is 2.95. The van der Waals surface area contributed by atoms with Crippen LogP contribution in [-0.4, -0.2) is 11.1 Å². The number of carboxylic acid groups (broad SMARTS) is 1. The topological polar surface area (TPSA) is 63.3 Å². The van der Waals surface area contributed by atoms with E-state index in [0.29, 0.717) is 5.69 Å². The summed E-state index contributed by atoms with van der Waals surface area (Å²) < 4.78 is 0.763. The average Bonchev–Trinajstić information content (AvgIpc) is 2.39. The summed E-state index contributed by atoms with van der Waals surface area (Å²) in [5.74, 6) is -1.24. The summed E-state index contributed by atoms with van der Waals surface area (Å²) >= 11 is 3.37. The van der Waals surface area contributed by atoms with Gasteiger partial charge in [0, 0.05) is 10.2 Å². The van der Waals surface area contributed by atoms with E-state index in [4.69, 9.17) is 5.73 Å². The number of benzene rings is 1. The van der Waals surface area contributed by atoms with Crippen LogP contribution in [0.25, 0.3) is 0 Å². The maximum absolute atomic E-state index is 11.6. The van der Waals surface area contributed by atoms with Crippen molar-refractivity contribution in [2.75, 3.05) is 5.73 Å². The van der Waals surface area contributed by atoms with Gasteiger partial charge in [-0.15, -0.1) is 0 Å². The molecule has 0 aromatic heterocycles. The first-order valence-electron chi connectivity index (χ1n) is 7.25. The van der Waals surface area contributed by atoms with Gasteiger partial charge in [-0.2, -0.15) is 0 Å². The normalized spacial score (nSPS) is 13.9. The predicted molar refractivity (Wildman–Crippen MR) is 86.9 cm³/mol. The highest BCUT2D eigenvalue weighted by atomic mass is 79.9. The van der Waals surface area contributed by atoms with Gasteiger partial charge >= 0.3 is 5.97 Å². The van der Waals surface area contributed by atoms with Gasteiger partial charge in [0.2, 0.25) is 0 Å². The zero-order valence-corrected chi connectivity index (χ0v) is 13.8. The number of carbonyl (C=O) groups is 1. The number of anilines is 1. The van der Waals surface area contributed by atoms with Crippen LogP contribution < -0.4 is 5.73 Å². The quantitative estimate of drug-likeness (QED) is 0.527. The molecule has 0 spiro atoms. The molecule has 0 heterocycles. The van der Waals surface area contributed by atoms with Gasteiger partial charge in [-0.3, -0.25) is 4.79 Å². The lowest BCUT2D eigenvalue weighted by Crippen LogP contribution is -2.21. The number of hydrogen-bond acceptors (Lipinski definition) is 2. The first-order valence-corrected chi connectivity index (χ1v) is 8.05. The molecule has 20 heavy (non-hydrogen) atoms. The number of nitrogen functional groups attached to an aromatic ring is 1. The van der Waals surface area contributed by atoms with Crippen molar-refractivity contribution in [2.24, 2.45) is 5.92 Å². The van der Waals surface area contributed by atoms with E-state index in [1.165, 1.54) is 19.3 Å². The number of unbranched alkanes of at least 4 members (excludes halogenated alkanes) is 3. The van der Waals surface area contributed by atoms with Crippen LogP contribution >= 0.6 is 15.9 Å². The minimum absolute atomic E-state index is 0.0842. The fraction of sp³-hybridized carbons (Fsp3) is 0.562. The highest BCUT2D eigenvalue weighted by Crippen LogP contribution is 2.35. The smallest absolute Gasteiger partial charge is 0.311 e. The van der Waals surface area contributed by atoms with E-state index in [9.17, 15) is 9.90 Å². The van der Waals surface area contributed by atoms with E-state index in [2.05, 4.69) is 22.9 Å². The Balaban J connectivity index is 2.83. The molecular weight excluding hydrogens is 318 g/mol. The Hall–Kier alpha value is -1.03. The third-order valence-electron chi connectivity index (χ3n) is 3.77. The molecule has 2 atom stereocenters. The molecule has 0 radical (unpaired) electrons. The number of para-hydroxylation sites is 1. The van der Waals surface area contributed by atoms with Crippen molar-refractivity contribution in [3.8, 4) is 0 Å². The molecule has 3 nitrogen and oxygen atoms in total. The van der Waals surface area contributed by atoms with Gasteiger partial charge in [0.1, 0.15) is 0 Å². The third-order valence-corrected chi connectivity index (χ3v) is 4.46. The Morgan fingerprint density at radius 2 is 2.05 bits per heavy atom. The molecule has 0 aliphatic rings. The maximum atomic E-state index is 11.6. The van der Waals surface area contributed by atoms with E-state index in [1.807, 2.05) is 25.1 Å². The molecule has 1 aromatic rings. The van der Waals surface area contributed by atoms with Crippen LogP contribution in [0.4, 0.5) is 5.69 Å². The van der Waals surface area contributed by atoms with Crippen molar-refractivity contribution in [3.63, 3.8) is 0 Å². The standard InChI is InChI=1S/C16H24BrNO2/c1-3-4-5-6-8-11(2)14(16(19)20)12-9-7-10-13(17)15(12)18/h7,9-11,14H,3-6,8,18H2,1-2H3,(H,19,20). The lowest BCUT2D eigenvalue weighted by Gasteiger charge is -2.22. The molecule has 0 aliphatic heterocycles. The molecule has 112 valence electrons.